The highest BCUT2D eigenvalue weighted by atomic mass is 32.1. The van der Waals surface area contributed by atoms with E-state index in [9.17, 15) is 0 Å². The summed E-state index contributed by atoms with van der Waals surface area (Å²) in [5, 5.41) is 3.49. The van der Waals surface area contributed by atoms with Gasteiger partial charge in [0.05, 0.1) is 5.60 Å². The van der Waals surface area contributed by atoms with Crippen LogP contribution in [0.5, 0.6) is 0 Å². The number of hydrogen-bond donors (Lipinski definition) is 1. The van der Waals surface area contributed by atoms with Crippen molar-refractivity contribution in [3.63, 3.8) is 0 Å². The van der Waals surface area contributed by atoms with E-state index < -0.39 is 0 Å². The highest BCUT2D eigenvalue weighted by Gasteiger charge is 2.40. The second-order valence-corrected chi connectivity index (χ2v) is 8.60. The summed E-state index contributed by atoms with van der Waals surface area (Å²) in [5.41, 5.74) is 0.0343. The second-order valence-electron chi connectivity index (χ2n) is 7.23. The van der Waals surface area contributed by atoms with Crippen LogP contribution in [0.15, 0.2) is 30.6 Å². The number of nitrogens with zero attached hydrogens (tertiary/aromatic N) is 3. The Bertz CT molecular complexity index is 682. The quantitative estimate of drug-likeness (QED) is 0.907. The van der Waals surface area contributed by atoms with Crippen molar-refractivity contribution in [1.29, 1.82) is 0 Å². The molecular weight excluding hydrogens is 332 g/mol. The van der Waals surface area contributed by atoms with E-state index in [0.717, 1.165) is 57.9 Å². The molecule has 2 aliphatic rings. The molecule has 134 valence electrons. The Morgan fingerprint density at radius 3 is 2.80 bits per heavy atom. The van der Waals surface area contributed by atoms with Gasteiger partial charge in [0.25, 0.3) is 0 Å². The minimum atomic E-state index is 0.0343. The van der Waals surface area contributed by atoms with Crippen molar-refractivity contribution >= 4 is 17.3 Å². The van der Waals surface area contributed by atoms with Gasteiger partial charge < -0.3 is 10.1 Å². The topological polar surface area (TPSA) is 50.3 Å². The van der Waals surface area contributed by atoms with E-state index >= 15 is 0 Å². The number of thiophene rings is 1. The van der Waals surface area contributed by atoms with Gasteiger partial charge in [0.1, 0.15) is 0 Å². The first kappa shape index (κ1) is 16.9. The zero-order valence-corrected chi connectivity index (χ0v) is 15.6. The van der Waals surface area contributed by atoms with Gasteiger partial charge in [-0.25, -0.2) is 9.97 Å². The molecule has 1 unspecified atom stereocenters. The lowest BCUT2D eigenvalue weighted by Crippen LogP contribution is -2.51. The molecule has 1 atom stereocenters. The molecule has 2 saturated heterocycles. The van der Waals surface area contributed by atoms with Gasteiger partial charge in [-0.2, -0.15) is 0 Å². The molecule has 0 bridgehead atoms. The molecule has 6 heteroatoms. The van der Waals surface area contributed by atoms with E-state index in [-0.39, 0.29) is 5.60 Å². The predicted molar refractivity (Wildman–Crippen MR) is 101 cm³/mol. The summed E-state index contributed by atoms with van der Waals surface area (Å²) in [6.07, 6.45) is 7.89. The van der Waals surface area contributed by atoms with Crippen LogP contribution in [-0.2, 0) is 11.3 Å². The summed E-state index contributed by atoms with van der Waals surface area (Å²) in [5.74, 6) is 0.732. The van der Waals surface area contributed by atoms with E-state index in [1.54, 1.807) is 12.4 Å². The third-order valence-electron chi connectivity index (χ3n) is 5.33. The van der Waals surface area contributed by atoms with Crippen LogP contribution in [0, 0.1) is 6.92 Å². The van der Waals surface area contributed by atoms with Gasteiger partial charge in [-0.05, 0) is 50.8 Å². The van der Waals surface area contributed by atoms with Crippen molar-refractivity contribution in [2.75, 3.05) is 25.0 Å². The molecule has 5 nitrogen and oxygen atoms in total. The lowest BCUT2D eigenvalue weighted by Gasteiger charge is -2.46. The Morgan fingerprint density at radius 2 is 2.08 bits per heavy atom. The van der Waals surface area contributed by atoms with Crippen LogP contribution in [0.3, 0.4) is 0 Å². The van der Waals surface area contributed by atoms with Crippen LogP contribution in [0.25, 0.3) is 0 Å². The molecule has 2 aliphatic heterocycles. The van der Waals surface area contributed by atoms with Gasteiger partial charge in [-0.1, -0.05) is 0 Å². The van der Waals surface area contributed by atoms with E-state index in [1.165, 1.54) is 9.75 Å². The number of piperidine rings is 1. The lowest BCUT2D eigenvalue weighted by molar-refractivity contribution is -0.115. The van der Waals surface area contributed by atoms with Crippen molar-refractivity contribution in [2.45, 2.75) is 50.8 Å². The second kappa shape index (κ2) is 7.40. The van der Waals surface area contributed by atoms with Gasteiger partial charge in [0.15, 0.2) is 0 Å². The Morgan fingerprint density at radius 1 is 1.28 bits per heavy atom. The van der Waals surface area contributed by atoms with Gasteiger partial charge in [0.2, 0.25) is 5.95 Å². The fraction of sp³-hybridized carbons (Fsp3) is 0.579. The van der Waals surface area contributed by atoms with Crippen molar-refractivity contribution in [3.8, 4) is 0 Å². The minimum Gasteiger partial charge on any atom is -0.375 e. The van der Waals surface area contributed by atoms with Crippen molar-refractivity contribution < 1.29 is 4.74 Å². The number of aromatic nitrogens is 2. The molecule has 4 heterocycles. The molecule has 0 radical (unpaired) electrons. The van der Waals surface area contributed by atoms with Crippen molar-refractivity contribution in [3.05, 3.63) is 40.3 Å². The number of nitrogens with one attached hydrogen (secondary N) is 1. The van der Waals surface area contributed by atoms with Crippen LogP contribution < -0.4 is 5.32 Å². The Balaban J connectivity index is 1.32. The number of likely N-dealkylation sites (tertiary alicyclic amines) is 1. The fourth-order valence-electron chi connectivity index (χ4n) is 3.96. The molecular formula is C19H26N4OS. The molecule has 0 saturated carbocycles. The summed E-state index contributed by atoms with van der Waals surface area (Å²) in [4.78, 5) is 14.0. The summed E-state index contributed by atoms with van der Waals surface area (Å²) in [6, 6.07) is 6.74. The monoisotopic (exact) mass is 358 g/mol. The smallest absolute Gasteiger partial charge is 0.222 e. The molecule has 1 spiro atoms. The van der Waals surface area contributed by atoms with Crippen LogP contribution in [0.2, 0.25) is 0 Å². The van der Waals surface area contributed by atoms with E-state index in [0.29, 0.717) is 6.04 Å². The van der Waals surface area contributed by atoms with E-state index in [1.807, 2.05) is 17.4 Å². The van der Waals surface area contributed by atoms with Gasteiger partial charge >= 0.3 is 0 Å². The van der Waals surface area contributed by atoms with Crippen LogP contribution in [0.4, 0.5) is 5.95 Å². The molecule has 0 aliphatic carbocycles. The molecule has 25 heavy (non-hydrogen) atoms. The number of aryl methyl sites for hydroxylation is 1. The maximum Gasteiger partial charge on any atom is 0.222 e. The summed E-state index contributed by atoms with van der Waals surface area (Å²) >= 11 is 1.91. The molecule has 1 N–H and O–H groups in total. The summed E-state index contributed by atoms with van der Waals surface area (Å²) in [6.45, 7) is 6.32. The van der Waals surface area contributed by atoms with Crippen LogP contribution in [-0.4, -0.2) is 46.2 Å². The normalized spacial score (nSPS) is 23.6. The lowest BCUT2D eigenvalue weighted by atomic mass is 9.82. The summed E-state index contributed by atoms with van der Waals surface area (Å²) in [7, 11) is 0. The number of ether oxygens (including phenoxy) is 1. The Kier molecular flexibility index (Phi) is 5.01. The van der Waals surface area contributed by atoms with Crippen LogP contribution in [0.1, 0.15) is 35.4 Å². The molecule has 0 aromatic carbocycles. The first-order valence-corrected chi connectivity index (χ1v) is 9.98. The highest BCUT2D eigenvalue weighted by Crippen LogP contribution is 2.36. The van der Waals surface area contributed by atoms with Gasteiger partial charge in [-0.3, -0.25) is 4.90 Å². The minimum absolute atomic E-state index is 0.0343. The van der Waals surface area contributed by atoms with Crippen molar-refractivity contribution in [1.82, 2.24) is 14.9 Å². The third-order valence-corrected chi connectivity index (χ3v) is 6.32. The van der Waals surface area contributed by atoms with E-state index in [2.05, 4.69) is 39.2 Å². The van der Waals surface area contributed by atoms with Crippen molar-refractivity contribution in [2.24, 2.45) is 0 Å². The summed E-state index contributed by atoms with van der Waals surface area (Å²) < 4.78 is 6.27. The van der Waals surface area contributed by atoms with Gasteiger partial charge in [-0.15, -0.1) is 11.3 Å². The van der Waals surface area contributed by atoms with E-state index in [4.69, 9.17) is 4.74 Å². The fourth-order valence-corrected chi connectivity index (χ4v) is 4.90. The molecule has 2 aromatic heterocycles. The number of rotatable bonds is 4. The first-order chi connectivity index (χ1) is 12.2. The average molecular weight is 359 g/mol. The first-order valence-electron chi connectivity index (χ1n) is 9.16. The third kappa shape index (κ3) is 4.19. The molecule has 2 aromatic rings. The van der Waals surface area contributed by atoms with Crippen LogP contribution >= 0.6 is 11.3 Å². The SMILES string of the molecule is Cc1ccc(CN2CCC3(CC2)CC(Nc2ncccn2)CCO3)s1. The predicted octanol–water partition coefficient (Wildman–Crippen LogP) is 3.47. The highest BCUT2D eigenvalue weighted by molar-refractivity contribution is 7.11. The molecule has 4 rings (SSSR count). The maximum atomic E-state index is 6.27. The largest absolute Gasteiger partial charge is 0.375 e. The molecule has 0 amide bonds. The number of anilines is 1. The zero-order chi connectivity index (χ0) is 17.1. The Hall–Kier alpha value is -1.50. The Labute approximate surface area is 153 Å². The van der Waals surface area contributed by atoms with Gasteiger partial charge in [0, 0.05) is 54.4 Å². The average Bonchev–Trinajstić information content (AvgIpc) is 3.03. The molecule has 2 fully saturated rings. The zero-order valence-electron chi connectivity index (χ0n) is 14.8. The standard InChI is InChI=1S/C19H26N4OS/c1-15-3-4-17(25-15)14-23-10-6-19(7-11-23)13-16(5-12-24-19)22-18-20-8-2-9-21-18/h2-4,8-9,16H,5-7,10-14H2,1H3,(H,20,21,22). The maximum absolute atomic E-state index is 6.27. The number of hydrogen-bond acceptors (Lipinski definition) is 6.